The van der Waals surface area contributed by atoms with E-state index in [0.717, 1.165) is 72.8 Å². The van der Waals surface area contributed by atoms with Gasteiger partial charge >= 0.3 is 0 Å². The summed E-state index contributed by atoms with van der Waals surface area (Å²) in [6.07, 6.45) is 0. The number of nitrogens with zero attached hydrogens (tertiary/aromatic N) is 3. The first-order valence-electron chi connectivity index (χ1n) is 15.8. The number of sulfonamides is 4. The molecule has 0 bridgehead atoms. The molecule has 0 radical (unpaired) electrons. The van der Waals surface area contributed by atoms with Crippen LogP contribution in [0.15, 0.2) is 141 Å². The van der Waals surface area contributed by atoms with Gasteiger partial charge in [-0.3, -0.25) is 10.1 Å². The molecule has 17 heteroatoms. The van der Waals surface area contributed by atoms with E-state index in [1.165, 1.54) is 48.5 Å². The van der Waals surface area contributed by atoms with Crippen LogP contribution in [0.3, 0.4) is 0 Å². The zero-order valence-corrected chi connectivity index (χ0v) is 32.2. The van der Waals surface area contributed by atoms with Gasteiger partial charge in [-0.1, -0.05) is 90.3 Å². The highest BCUT2D eigenvalue weighted by molar-refractivity contribution is 8.04. The minimum atomic E-state index is -5.23. The summed E-state index contributed by atoms with van der Waals surface area (Å²) in [7, 11) is -20.7. The first-order chi connectivity index (χ1) is 24.8. The first kappa shape index (κ1) is 39.4. The summed E-state index contributed by atoms with van der Waals surface area (Å²) < 4.78 is 117. The van der Waals surface area contributed by atoms with Gasteiger partial charge < -0.3 is 0 Å². The van der Waals surface area contributed by atoms with E-state index in [1.54, 1.807) is 27.7 Å². The number of hydrogen-bond donors (Lipinski definition) is 0. The lowest BCUT2D eigenvalue weighted by molar-refractivity contribution is -0.384. The minimum absolute atomic E-state index is 0.0384. The quantitative estimate of drug-likeness (QED) is 0.101. The molecule has 5 aromatic carbocycles. The SMILES string of the molecule is Cc1ccc(S(=O)(=O)N(CC(c2cccc([N+](=O)[O-])c2)N(S(=O)(=O)c2ccc(C)cc2)S(=O)(=O)c2ccc(C)cc2)S(=O)(=O)c2ccc(C)cc2)cc1. The van der Waals surface area contributed by atoms with E-state index in [2.05, 4.69) is 0 Å². The summed E-state index contributed by atoms with van der Waals surface area (Å²) in [6, 6.07) is 22.7. The normalized spacial score (nSPS) is 13.2. The van der Waals surface area contributed by atoms with Gasteiger partial charge in [-0.25, -0.2) is 33.7 Å². The van der Waals surface area contributed by atoms with Crippen LogP contribution in [-0.4, -0.2) is 52.6 Å². The highest BCUT2D eigenvalue weighted by Crippen LogP contribution is 2.38. The largest absolute Gasteiger partial charge is 0.269 e. The second kappa shape index (κ2) is 14.9. The molecule has 0 saturated heterocycles. The second-order valence-electron chi connectivity index (χ2n) is 12.3. The average molecular weight is 798 g/mol. The van der Waals surface area contributed by atoms with Gasteiger partial charge in [0.15, 0.2) is 0 Å². The van der Waals surface area contributed by atoms with E-state index in [-0.39, 0.29) is 13.0 Å². The Hall–Kier alpha value is -4.78. The van der Waals surface area contributed by atoms with Gasteiger partial charge in [0.2, 0.25) is 0 Å². The van der Waals surface area contributed by atoms with E-state index >= 15 is 0 Å². The zero-order valence-electron chi connectivity index (χ0n) is 28.9. The molecule has 0 aliphatic carbocycles. The predicted molar refractivity (Wildman–Crippen MR) is 198 cm³/mol. The molecule has 278 valence electrons. The number of nitro groups is 1. The van der Waals surface area contributed by atoms with Gasteiger partial charge in [-0.15, -0.1) is 0 Å². The average Bonchev–Trinajstić information content (AvgIpc) is 3.10. The van der Waals surface area contributed by atoms with Crippen LogP contribution < -0.4 is 0 Å². The van der Waals surface area contributed by atoms with Crippen molar-refractivity contribution < 1.29 is 38.6 Å². The lowest BCUT2D eigenvalue weighted by Gasteiger charge is -2.33. The Morgan fingerprint density at radius 1 is 0.509 bits per heavy atom. The summed E-state index contributed by atoms with van der Waals surface area (Å²) in [6.45, 7) is 5.35. The minimum Gasteiger partial charge on any atom is -0.258 e. The van der Waals surface area contributed by atoms with E-state index in [9.17, 15) is 43.8 Å². The van der Waals surface area contributed by atoms with Gasteiger partial charge in [0.05, 0.1) is 37.1 Å². The molecule has 0 N–H and O–H groups in total. The van der Waals surface area contributed by atoms with E-state index in [0.29, 0.717) is 22.3 Å². The molecule has 0 spiro atoms. The van der Waals surface area contributed by atoms with Crippen LogP contribution in [0.1, 0.15) is 33.9 Å². The van der Waals surface area contributed by atoms with Gasteiger partial charge in [-0.05, 0) is 81.8 Å². The third kappa shape index (κ3) is 8.09. The molecule has 0 aromatic heterocycles. The monoisotopic (exact) mass is 797 g/mol. The van der Waals surface area contributed by atoms with Crippen LogP contribution in [0.5, 0.6) is 0 Å². The van der Waals surface area contributed by atoms with Gasteiger partial charge in [0, 0.05) is 12.1 Å². The fourth-order valence-corrected chi connectivity index (χ4v) is 13.0. The Balaban J connectivity index is 1.88. The van der Waals surface area contributed by atoms with Crippen molar-refractivity contribution in [3.63, 3.8) is 0 Å². The molecule has 0 saturated carbocycles. The first-order valence-corrected chi connectivity index (χ1v) is 21.6. The third-order valence-electron chi connectivity index (χ3n) is 8.33. The molecule has 0 aliphatic rings. The number of nitro benzene ring substituents is 1. The summed E-state index contributed by atoms with van der Waals surface area (Å²) in [5.41, 5.74) is 1.58. The van der Waals surface area contributed by atoms with Crippen molar-refractivity contribution in [2.24, 2.45) is 0 Å². The number of non-ortho nitro benzene ring substituents is 1. The number of benzene rings is 5. The van der Waals surface area contributed by atoms with Crippen LogP contribution in [0.25, 0.3) is 0 Å². The van der Waals surface area contributed by atoms with Crippen molar-refractivity contribution in [1.82, 2.24) is 7.42 Å². The maximum atomic E-state index is 14.8. The van der Waals surface area contributed by atoms with E-state index in [1.807, 2.05) is 0 Å². The fraction of sp³-hybridized carbons (Fsp3) is 0.167. The summed E-state index contributed by atoms with van der Waals surface area (Å²) >= 11 is 0. The standard InChI is InChI=1S/C36H35N3O10S4/c1-26-8-16-32(17-9-26)50(42,43)37(51(44,45)33-18-10-27(2)11-19-33)25-36(30-6-5-7-31(24-30)38(40)41)39(52(46,47)34-20-12-28(3)13-21-34)53(48,49)35-22-14-29(4)15-23-35/h5-24,36H,25H2,1-4H3. The topological polar surface area (TPSA) is 186 Å². The molecule has 1 unspecified atom stereocenters. The van der Waals surface area contributed by atoms with Crippen LogP contribution in [0.4, 0.5) is 5.69 Å². The summed E-state index contributed by atoms with van der Waals surface area (Å²) in [4.78, 5) is 9.12. The van der Waals surface area contributed by atoms with Crippen molar-refractivity contribution in [2.45, 2.75) is 53.3 Å². The Morgan fingerprint density at radius 3 is 1.15 bits per heavy atom. The molecule has 0 amide bonds. The highest BCUT2D eigenvalue weighted by atomic mass is 32.3. The molecule has 0 fully saturated rings. The number of aryl methyl sites for hydroxylation is 4. The van der Waals surface area contributed by atoms with Crippen LogP contribution in [-0.2, 0) is 40.1 Å². The second-order valence-corrected chi connectivity index (χ2v) is 20.1. The molecule has 0 heterocycles. The van der Waals surface area contributed by atoms with E-state index < -0.39 is 82.9 Å². The molecular weight excluding hydrogens is 763 g/mol. The Labute approximate surface area is 309 Å². The Kier molecular flexibility index (Phi) is 11.1. The molecule has 53 heavy (non-hydrogen) atoms. The molecule has 13 nitrogen and oxygen atoms in total. The highest BCUT2D eigenvalue weighted by Gasteiger charge is 2.48. The number of rotatable bonds is 13. The van der Waals surface area contributed by atoms with Crippen molar-refractivity contribution in [1.29, 1.82) is 0 Å². The molecule has 5 rings (SSSR count). The molecular formula is C36H35N3O10S4. The number of hydrogen-bond acceptors (Lipinski definition) is 10. The smallest absolute Gasteiger partial charge is 0.258 e. The Morgan fingerprint density at radius 2 is 0.830 bits per heavy atom. The van der Waals surface area contributed by atoms with Gasteiger partial charge in [0.25, 0.3) is 45.8 Å². The van der Waals surface area contributed by atoms with Gasteiger partial charge in [-0.2, -0.15) is 0 Å². The Bertz CT molecular complexity index is 2450. The summed E-state index contributed by atoms with van der Waals surface area (Å²) in [5, 5.41) is 12.0. The maximum Gasteiger partial charge on any atom is 0.269 e. The maximum absolute atomic E-state index is 14.8. The summed E-state index contributed by atoms with van der Waals surface area (Å²) in [5.74, 6) is 0. The van der Waals surface area contributed by atoms with Gasteiger partial charge in [0.1, 0.15) is 0 Å². The fourth-order valence-electron chi connectivity index (χ4n) is 5.35. The molecule has 5 aromatic rings. The van der Waals surface area contributed by atoms with Crippen molar-refractivity contribution in [3.8, 4) is 0 Å². The third-order valence-corrected chi connectivity index (χ3v) is 17.0. The van der Waals surface area contributed by atoms with Crippen molar-refractivity contribution in [2.75, 3.05) is 6.54 Å². The van der Waals surface area contributed by atoms with Crippen LogP contribution in [0.2, 0.25) is 0 Å². The predicted octanol–water partition coefficient (Wildman–Crippen LogP) is 6.03. The van der Waals surface area contributed by atoms with Crippen LogP contribution in [0, 0.1) is 37.8 Å². The lowest BCUT2D eigenvalue weighted by Crippen LogP contribution is -2.47. The van der Waals surface area contributed by atoms with Crippen molar-refractivity contribution >= 4 is 45.8 Å². The van der Waals surface area contributed by atoms with Crippen molar-refractivity contribution in [3.05, 3.63) is 159 Å². The molecule has 1 atom stereocenters. The lowest BCUT2D eigenvalue weighted by atomic mass is 10.1. The zero-order chi connectivity index (χ0) is 38.9. The van der Waals surface area contributed by atoms with Crippen LogP contribution >= 0.6 is 0 Å². The molecule has 0 aliphatic heterocycles. The van der Waals surface area contributed by atoms with E-state index in [4.69, 9.17) is 0 Å².